The predicted molar refractivity (Wildman–Crippen MR) is 153 cm³/mol. The Morgan fingerprint density at radius 2 is 1.79 bits per heavy atom. The largest absolute Gasteiger partial charge is 0.454 e. The summed E-state index contributed by atoms with van der Waals surface area (Å²) < 4.78 is 37.2. The molecule has 3 aromatic carbocycles. The number of hydrogen-bond donors (Lipinski definition) is 2. The van der Waals surface area contributed by atoms with E-state index >= 15 is 4.39 Å². The van der Waals surface area contributed by atoms with Crippen molar-refractivity contribution in [1.29, 1.82) is 0 Å². The van der Waals surface area contributed by atoms with Gasteiger partial charge in [0.2, 0.25) is 0 Å². The number of carbonyl (C=O) groups is 1. The molecule has 42 heavy (non-hydrogen) atoms. The molecule has 3 N–H and O–H groups in total. The van der Waals surface area contributed by atoms with Gasteiger partial charge >= 0.3 is 5.69 Å². The molecule has 0 amide bonds. The van der Waals surface area contributed by atoms with E-state index in [0.29, 0.717) is 28.1 Å². The van der Waals surface area contributed by atoms with Crippen LogP contribution in [-0.4, -0.2) is 25.1 Å². The van der Waals surface area contributed by atoms with Crippen molar-refractivity contribution in [3.63, 3.8) is 0 Å². The number of benzene rings is 3. The molecule has 210 valence electrons. The van der Waals surface area contributed by atoms with Crippen molar-refractivity contribution in [1.82, 2.24) is 19.3 Å². The summed E-state index contributed by atoms with van der Waals surface area (Å²) in [5, 5.41) is 4.33. The van der Waals surface area contributed by atoms with E-state index in [1.54, 1.807) is 36.4 Å². The zero-order chi connectivity index (χ0) is 29.7. The Hall–Kier alpha value is -5.58. The summed E-state index contributed by atoms with van der Waals surface area (Å²) in [7, 11) is 0. The summed E-state index contributed by atoms with van der Waals surface area (Å²) in [6.45, 7) is 3.34. The lowest BCUT2D eigenvalue weighted by Crippen LogP contribution is -2.30. The first kappa shape index (κ1) is 26.6. The summed E-state index contributed by atoms with van der Waals surface area (Å²) in [6, 6.07) is 15.1. The second-order valence-electron chi connectivity index (χ2n) is 9.93. The van der Waals surface area contributed by atoms with Gasteiger partial charge < -0.3 is 10.5 Å². The van der Waals surface area contributed by atoms with Gasteiger partial charge in [0.15, 0.2) is 17.3 Å². The Balaban J connectivity index is 1.26. The van der Waals surface area contributed by atoms with Crippen LogP contribution in [0.2, 0.25) is 0 Å². The molecule has 0 spiro atoms. The molecule has 0 aliphatic heterocycles. The van der Waals surface area contributed by atoms with Gasteiger partial charge in [-0.1, -0.05) is 12.1 Å². The number of Topliss-reactive ketones (excluding diaryl/α,β-unsaturated/α-hetero) is 1. The number of ether oxygens (including phenoxy) is 1. The summed E-state index contributed by atoms with van der Waals surface area (Å²) >= 11 is 0. The molecule has 0 radical (unpaired) electrons. The summed E-state index contributed by atoms with van der Waals surface area (Å²) in [5.74, 6) is -0.905. The average molecular weight is 568 g/mol. The van der Waals surface area contributed by atoms with Gasteiger partial charge in [0.05, 0.1) is 23.1 Å². The highest BCUT2D eigenvalue weighted by molar-refractivity contribution is 6.15. The number of nitrogen functional groups attached to an aromatic ring is 1. The second kappa shape index (κ2) is 10.1. The van der Waals surface area contributed by atoms with Crippen molar-refractivity contribution in [2.75, 3.05) is 5.73 Å². The predicted octanol–water partition coefficient (Wildman–Crippen LogP) is 4.80. The molecule has 0 bridgehead atoms. The first-order chi connectivity index (χ1) is 20.1. The minimum Gasteiger partial charge on any atom is -0.454 e. The minimum absolute atomic E-state index is 0.0279. The summed E-state index contributed by atoms with van der Waals surface area (Å²) in [4.78, 5) is 39.6. The number of fused-ring (bicyclic) bond motifs is 1. The zero-order valence-electron chi connectivity index (χ0n) is 22.4. The number of aromatic nitrogens is 4. The maximum Gasteiger partial charge on any atom is 0.333 e. The zero-order valence-corrected chi connectivity index (χ0v) is 22.4. The van der Waals surface area contributed by atoms with Crippen molar-refractivity contribution in [2.24, 2.45) is 0 Å². The Kier molecular flexibility index (Phi) is 6.41. The average Bonchev–Trinajstić information content (AvgIpc) is 3.52. The van der Waals surface area contributed by atoms with Gasteiger partial charge in [0.25, 0.3) is 5.56 Å². The molecule has 0 saturated carbocycles. The Bertz CT molecular complexity index is 2070. The Morgan fingerprint density at radius 1 is 1.00 bits per heavy atom. The minimum atomic E-state index is -0.761. The molecule has 0 fully saturated rings. The summed E-state index contributed by atoms with van der Waals surface area (Å²) in [6.07, 6.45) is 3.15. The number of allylic oxidation sites excluding steroid dienone is 1. The lowest BCUT2D eigenvalue weighted by molar-refractivity contribution is 0.103. The quantitative estimate of drug-likeness (QED) is 0.284. The number of halogens is 2. The fraction of sp³-hybridized carbons (Fsp3) is 0.0968. The molecule has 6 rings (SSSR count). The van der Waals surface area contributed by atoms with Gasteiger partial charge in [-0.25, -0.2) is 18.3 Å². The van der Waals surface area contributed by atoms with Gasteiger partial charge in [0.1, 0.15) is 17.4 Å². The third kappa shape index (κ3) is 4.60. The first-order valence-electron chi connectivity index (χ1n) is 12.9. The van der Waals surface area contributed by atoms with Crippen molar-refractivity contribution < 1.29 is 18.3 Å². The number of para-hydroxylation sites is 1. The maximum absolute atomic E-state index is 15.1. The lowest BCUT2D eigenvalue weighted by atomic mass is 10.0. The molecule has 0 atom stereocenters. The monoisotopic (exact) mass is 567 g/mol. The molecular formula is C31H23F2N5O4. The van der Waals surface area contributed by atoms with E-state index in [0.717, 1.165) is 10.1 Å². The van der Waals surface area contributed by atoms with E-state index in [9.17, 15) is 18.8 Å². The normalized spacial score (nSPS) is 12.2. The fourth-order valence-corrected chi connectivity index (χ4v) is 5.06. The number of ketones is 1. The highest BCUT2D eigenvalue weighted by atomic mass is 19.1. The molecule has 5 aromatic rings. The number of nitrogens with zero attached hydrogens (tertiary/aromatic N) is 3. The molecule has 2 aromatic heterocycles. The molecule has 1 aliphatic carbocycles. The second-order valence-corrected chi connectivity index (χ2v) is 9.93. The van der Waals surface area contributed by atoms with Crippen molar-refractivity contribution in [3.05, 3.63) is 133 Å². The van der Waals surface area contributed by atoms with E-state index in [1.165, 1.54) is 48.1 Å². The van der Waals surface area contributed by atoms with Crippen LogP contribution in [0.5, 0.6) is 11.5 Å². The van der Waals surface area contributed by atoms with Crippen LogP contribution in [0.15, 0.2) is 82.0 Å². The third-order valence-corrected chi connectivity index (χ3v) is 7.09. The van der Waals surface area contributed by atoms with Crippen LogP contribution in [-0.2, 0) is 6.42 Å². The van der Waals surface area contributed by atoms with Crippen LogP contribution in [0.3, 0.4) is 0 Å². The van der Waals surface area contributed by atoms with Crippen molar-refractivity contribution >= 4 is 17.7 Å². The topological polar surface area (TPSA) is 125 Å². The number of aromatic amines is 1. The molecule has 1 aliphatic rings. The van der Waals surface area contributed by atoms with Crippen LogP contribution >= 0.6 is 0 Å². The van der Waals surface area contributed by atoms with Gasteiger partial charge in [0, 0.05) is 23.8 Å². The lowest BCUT2D eigenvalue weighted by Gasteiger charge is -2.12. The molecule has 0 unspecified atom stereocenters. The van der Waals surface area contributed by atoms with Gasteiger partial charge in [-0.05, 0) is 79.1 Å². The van der Waals surface area contributed by atoms with E-state index < -0.39 is 22.9 Å². The van der Waals surface area contributed by atoms with Crippen LogP contribution < -0.4 is 21.7 Å². The SMILES string of the molecule is Cc1cc(Oc2ccccc2F)ccc1-n1ncc(C(=O)C2=Cc3cc(F)c(-n4c(C)cc(=O)[nH]c4=O)cc3C2)c1N. The number of aryl methyl sites for hydroxylation is 2. The van der Waals surface area contributed by atoms with Crippen LogP contribution in [0.1, 0.15) is 32.7 Å². The molecule has 0 saturated heterocycles. The van der Waals surface area contributed by atoms with Gasteiger partial charge in [-0.2, -0.15) is 5.10 Å². The third-order valence-electron chi connectivity index (χ3n) is 7.09. The Labute approximate surface area is 237 Å². The van der Waals surface area contributed by atoms with Gasteiger partial charge in [-0.3, -0.25) is 19.1 Å². The number of nitrogens with one attached hydrogen (secondary N) is 1. The summed E-state index contributed by atoms with van der Waals surface area (Å²) in [5.41, 5.74) is 8.29. The number of anilines is 1. The highest BCUT2D eigenvalue weighted by Crippen LogP contribution is 2.33. The van der Waals surface area contributed by atoms with Crippen molar-refractivity contribution in [2.45, 2.75) is 20.3 Å². The van der Waals surface area contributed by atoms with Crippen LogP contribution in [0.25, 0.3) is 17.5 Å². The molecule has 9 nitrogen and oxygen atoms in total. The standard InChI is InChI=1S/C31H23F2N5O4/c1-16-9-21(42-27-6-4-3-5-23(27)32)7-8-25(16)38-30(34)22(15-35-38)29(40)20-11-18-13-24(33)26(14-19(18)12-20)37-17(2)10-28(39)36-31(37)41/h3-11,13-15H,12,34H2,1-2H3,(H,36,39,41). The molecule has 11 heteroatoms. The maximum atomic E-state index is 15.1. The van der Waals surface area contributed by atoms with Crippen LogP contribution in [0.4, 0.5) is 14.6 Å². The number of hydrogen-bond acceptors (Lipinski definition) is 6. The van der Waals surface area contributed by atoms with E-state index in [4.69, 9.17) is 10.5 Å². The van der Waals surface area contributed by atoms with E-state index in [-0.39, 0.29) is 40.7 Å². The number of H-pyrrole nitrogens is 1. The van der Waals surface area contributed by atoms with Crippen molar-refractivity contribution in [3.8, 4) is 22.9 Å². The Morgan fingerprint density at radius 3 is 2.52 bits per heavy atom. The van der Waals surface area contributed by atoms with Gasteiger partial charge in [-0.15, -0.1) is 0 Å². The molecular weight excluding hydrogens is 544 g/mol. The molecule has 2 heterocycles. The number of carbonyl (C=O) groups excluding carboxylic acids is 1. The first-order valence-corrected chi connectivity index (χ1v) is 12.9. The van der Waals surface area contributed by atoms with E-state index in [1.807, 2.05) is 6.92 Å². The van der Waals surface area contributed by atoms with Crippen LogP contribution in [0, 0.1) is 25.5 Å². The highest BCUT2D eigenvalue weighted by Gasteiger charge is 2.26. The number of rotatable bonds is 6. The smallest absolute Gasteiger partial charge is 0.333 e. The fourth-order valence-electron chi connectivity index (χ4n) is 5.06. The number of nitrogens with two attached hydrogens (primary N) is 1. The van der Waals surface area contributed by atoms with E-state index in [2.05, 4.69) is 10.1 Å².